The number of ether oxygens (including phenoxy) is 1. The molecule has 0 spiro atoms. The van der Waals surface area contributed by atoms with Crippen molar-refractivity contribution >= 4 is 27.5 Å². The minimum atomic E-state index is -3.65. The molecule has 2 aromatic carbocycles. The Kier molecular flexibility index (Phi) is 7.39. The second kappa shape index (κ2) is 9.53. The minimum absolute atomic E-state index is 0.0687. The van der Waals surface area contributed by atoms with Crippen LogP contribution in [0.2, 0.25) is 5.02 Å². The Labute approximate surface area is 152 Å². The Bertz CT molecular complexity index is 797. The largest absolute Gasteiger partial charge is 0.367 e. The highest BCUT2D eigenvalue weighted by Gasteiger charge is 2.13. The van der Waals surface area contributed by atoms with Gasteiger partial charge in [0.1, 0.15) is 6.61 Å². The number of amides is 1. The van der Waals surface area contributed by atoms with Crippen molar-refractivity contribution in [3.8, 4) is 0 Å². The molecule has 0 radical (unpaired) electrons. The number of hydrogen-bond donors (Lipinski definition) is 2. The van der Waals surface area contributed by atoms with Gasteiger partial charge in [-0.2, -0.15) is 0 Å². The summed E-state index contributed by atoms with van der Waals surface area (Å²) in [6.07, 6.45) is 0. The van der Waals surface area contributed by atoms with E-state index in [0.717, 1.165) is 5.56 Å². The summed E-state index contributed by atoms with van der Waals surface area (Å²) in [5, 5.41) is 2.93. The summed E-state index contributed by atoms with van der Waals surface area (Å²) in [6.45, 7) is 0.484. The van der Waals surface area contributed by atoms with Crippen molar-refractivity contribution in [2.75, 3.05) is 19.7 Å². The number of carbonyl (C=O) groups excluding carboxylic acids is 1. The van der Waals surface area contributed by atoms with Gasteiger partial charge in [0.2, 0.25) is 15.9 Å². The fraction of sp³-hybridized carbons (Fsp3) is 0.235. The van der Waals surface area contributed by atoms with Gasteiger partial charge in [-0.05, 0) is 23.8 Å². The number of nitrogens with one attached hydrogen (secondary N) is 2. The molecule has 8 heteroatoms. The highest BCUT2D eigenvalue weighted by Crippen LogP contribution is 2.14. The molecular weight excluding hydrogens is 364 g/mol. The van der Waals surface area contributed by atoms with Crippen LogP contribution in [0, 0.1) is 0 Å². The van der Waals surface area contributed by atoms with E-state index in [1.54, 1.807) is 12.1 Å². The number of halogens is 1. The van der Waals surface area contributed by atoms with Crippen LogP contribution in [0.3, 0.4) is 0 Å². The lowest BCUT2D eigenvalue weighted by Crippen LogP contribution is -2.36. The molecule has 2 rings (SSSR count). The molecule has 0 atom stereocenters. The zero-order chi connectivity index (χ0) is 18.1. The second-order valence-electron chi connectivity index (χ2n) is 5.18. The predicted molar refractivity (Wildman–Crippen MR) is 95.7 cm³/mol. The monoisotopic (exact) mass is 382 g/mol. The van der Waals surface area contributed by atoms with E-state index < -0.39 is 10.0 Å². The Morgan fingerprint density at radius 1 is 1.04 bits per heavy atom. The number of benzene rings is 2. The first kappa shape index (κ1) is 19.4. The van der Waals surface area contributed by atoms with Gasteiger partial charge in [-0.25, -0.2) is 13.1 Å². The van der Waals surface area contributed by atoms with Gasteiger partial charge in [0.05, 0.1) is 11.5 Å². The van der Waals surface area contributed by atoms with E-state index in [0.29, 0.717) is 11.6 Å². The first-order valence-corrected chi connectivity index (χ1v) is 9.47. The van der Waals surface area contributed by atoms with E-state index in [1.807, 2.05) is 30.3 Å². The van der Waals surface area contributed by atoms with Crippen LogP contribution in [-0.4, -0.2) is 34.0 Å². The molecule has 0 heterocycles. The first-order chi connectivity index (χ1) is 12.0. The third-order valence-corrected chi connectivity index (χ3v) is 4.88. The molecule has 2 N–H and O–H groups in total. The van der Waals surface area contributed by atoms with E-state index in [2.05, 4.69) is 10.0 Å². The molecule has 0 fully saturated rings. The third-order valence-electron chi connectivity index (χ3n) is 3.19. The van der Waals surface area contributed by atoms with Crippen LogP contribution in [0.5, 0.6) is 0 Å². The van der Waals surface area contributed by atoms with Crippen molar-refractivity contribution in [1.82, 2.24) is 10.0 Å². The maximum Gasteiger partial charge on any atom is 0.246 e. The standard InChI is InChI=1S/C17H19ClN2O4S/c18-15-7-4-8-16(11-15)25(22,23)20-10-9-19-17(21)13-24-12-14-5-2-1-3-6-14/h1-8,11,20H,9-10,12-13H2,(H,19,21). The maximum atomic E-state index is 12.1. The SMILES string of the molecule is O=C(COCc1ccccc1)NCCNS(=O)(=O)c1cccc(Cl)c1. The molecule has 0 aliphatic heterocycles. The Morgan fingerprint density at radius 2 is 1.80 bits per heavy atom. The van der Waals surface area contributed by atoms with Crippen molar-refractivity contribution in [2.24, 2.45) is 0 Å². The van der Waals surface area contributed by atoms with Crippen molar-refractivity contribution in [3.05, 3.63) is 65.2 Å². The summed E-state index contributed by atoms with van der Waals surface area (Å²) in [4.78, 5) is 11.7. The Morgan fingerprint density at radius 3 is 2.52 bits per heavy atom. The van der Waals surface area contributed by atoms with Crippen LogP contribution in [0.1, 0.15) is 5.56 Å². The van der Waals surface area contributed by atoms with Gasteiger partial charge >= 0.3 is 0 Å². The fourth-order valence-electron chi connectivity index (χ4n) is 1.99. The van der Waals surface area contributed by atoms with Gasteiger partial charge in [-0.1, -0.05) is 48.0 Å². The van der Waals surface area contributed by atoms with E-state index in [-0.39, 0.29) is 30.5 Å². The minimum Gasteiger partial charge on any atom is -0.367 e. The molecule has 25 heavy (non-hydrogen) atoms. The molecule has 0 saturated carbocycles. The van der Waals surface area contributed by atoms with Crippen LogP contribution >= 0.6 is 11.6 Å². The molecule has 0 aliphatic rings. The van der Waals surface area contributed by atoms with Gasteiger partial charge in [0.15, 0.2) is 0 Å². The van der Waals surface area contributed by atoms with Crippen LogP contribution < -0.4 is 10.0 Å². The number of sulfonamides is 1. The van der Waals surface area contributed by atoms with Crippen LogP contribution in [0.25, 0.3) is 0 Å². The van der Waals surface area contributed by atoms with Gasteiger partial charge in [-0.3, -0.25) is 4.79 Å². The van der Waals surface area contributed by atoms with Crippen molar-refractivity contribution in [3.63, 3.8) is 0 Å². The summed E-state index contributed by atoms with van der Waals surface area (Å²) in [7, 11) is -3.65. The van der Waals surface area contributed by atoms with Crippen molar-refractivity contribution < 1.29 is 17.9 Å². The number of rotatable bonds is 9. The molecular formula is C17H19ClN2O4S. The molecule has 0 unspecified atom stereocenters. The van der Waals surface area contributed by atoms with Gasteiger partial charge in [0, 0.05) is 18.1 Å². The topological polar surface area (TPSA) is 84.5 Å². The third kappa shape index (κ3) is 6.83. The quantitative estimate of drug-likeness (QED) is 0.649. The summed E-state index contributed by atoms with van der Waals surface area (Å²) in [5.41, 5.74) is 0.976. The lowest BCUT2D eigenvalue weighted by atomic mass is 10.2. The lowest BCUT2D eigenvalue weighted by molar-refractivity contribution is -0.126. The average Bonchev–Trinajstić information content (AvgIpc) is 2.60. The van der Waals surface area contributed by atoms with Crippen LogP contribution in [-0.2, 0) is 26.2 Å². The second-order valence-corrected chi connectivity index (χ2v) is 7.39. The molecule has 0 aromatic heterocycles. The summed E-state index contributed by atoms with van der Waals surface area (Å²) >= 11 is 5.78. The molecule has 134 valence electrons. The number of carbonyl (C=O) groups is 1. The highest BCUT2D eigenvalue weighted by atomic mass is 35.5. The fourth-order valence-corrected chi connectivity index (χ4v) is 3.32. The molecule has 6 nitrogen and oxygen atoms in total. The van der Waals surface area contributed by atoms with E-state index in [1.165, 1.54) is 12.1 Å². The Hall–Kier alpha value is -1.93. The van der Waals surface area contributed by atoms with Crippen molar-refractivity contribution in [2.45, 2.75) is 11.5 Å². The van der Waals surface area contributed by atoms with E-state index in [4.69, 9.17) is 16.3 Å². The predicted octanol–water partition coefficient (Wildman–Crippen LogP) is 1.95. The lowest BCUT2D eigenvalue weighted by Gasteiger charge is -2.09. The molecule has 0 bridgehead atoms. The summed E-state index contributed by atoms with van der Waals surface area (Å²) in [6, 6.07) is 15.5. The summed E-state index contributed by atoms with van der Waals surface area (Å²) < 4.78 is 31.8. The smallest absolute Gasteiger partial charge is 0.246 e. The molecule has 2 aromatic rings. The van der Waals surface area contributed by atoms with Gasteiger partial charge in [0.25, 0.3) is 0 Å². The summed E-state index contributed by atoms with van der Waals surface area (Å²) in [5.74, 6) is -0.308. The van der Waals surface area contributed by atoms with Crippen LogP contribution in [0.4, 0.5) is 0 Å². The number of hydrogen-bond acceptors (Lipinski definition) is 4. The highest BCUT2D eigenvalue weighted by molar-refractivity contribution is 7.89. The van der Waals surface area contributed by atoms with E-state index >= 15 is 0 Å². The maximum absolute atomic E-state index is 12.1. The zero-order valence-corrected chi connectivity index (χ0v) is 15.0. The van der Waals surface area contributed by atoms with Gasteiger partial charge in [-0.15, -0.1) is 0 Å². The van der Waals surface area contributed by atoms with Crippen molar-refractivity contribution in [1.29, 1.82) is 0 Å². The van der Waals surface area contributed by atoms with Gasteiger partial charge < -0.3 is 10.1 Å². The molecule has 0 saturated heterocycles. The average molecular weight is 383 g/mol. The van der Waals surface area contributed by atoms with Crippen LogP contribution in [0.15, 0.2) is 59.5 Å². The zero-order valence-electron chi connectivity index (χ0n) is 13.4. The van der Waals surface area contributed by atoms with E-state index in [9.17, 15) is 13.2 Å². The first-order valence-electron chi connectivity index (χ1n) is 7.61. The molecule has 0 aliphatic carbocycles. The molecule has 1 amide bonds. The normalized spacial score (nSPS) is 11.2. The Balaban J connectivity index is 1.66.